The molecule has 0 aliphatic carbocycles. The molecule has 0 fully saturated rings. The lowest BCUT2D eigenvalue weighted by Crippen LogP contribution is -2.37. The van der Waals surface area contributed by atoms with E-state index in [0.29, 0.717) is 0 Å². The number of hydrogen-bond acceptors (Lipinski definition) is 2. The number of anilines is 2. The molecular weight excluding hydrogens is 429 g/mol. The van der Waals surface area contributed by atoms with E-state index in [1.807, 2.05) is 11.3 Å². The maximum Gasteiger partial charge on any atom is 0.206 e. The fourth-order valence-electron chi connectivity index (χ4n) is 6.18. The van der Waals surface area contributed by atoms with E-state index in [1.165, 1.54) is 70.6 Å². The van der Waals surface area contributed by atoms with E-state index < -0.39 is 0 Å². The average molecular weight is 455 g/mol. The van der Waals surface area contributed by atoms with E-state index in [-0.39, 0.29) is 5.41 Å². The summed E-state index contributed by atoms with van der Waals surface area (Å²) < 4.78 is 2.94. The van der Waals surface area contributed by atoms with E-state index in [1.54, 1.807) is 0 Å². The molecule has 0 amide bonds. The molecule has 3 heteroatoms. The van der Waals surface area contributed by atoms with Crippen molar-refractivity contribution in [2.45, 2.75) is 32.6 Å². The van der Waals surface area contributed by atoms with Crippen LogP contribution in [0.1, 0.15) is 41.7 Å². The van der Waals surface area contributed by atoms with Crippen molar-refractivity contribution in [2.24, 2.45) is 0 Å². The third-order valence-corrected chi connectivity index (χ3v) is 9.07. The smallest absolute Gasteiger partial charge is 0.206 e. The molecule has 0 unspecified atom stereocenters. The monoisotopic (exact) mass is 455 g/mol. The zero-order chi connectivity index (χ0) is 23.0. The predicted octanol–water partition coefficient (Wildman–Crippen LogP) is 6.55. The van der Waals surface area contributed by atoms with Gasteiger partial charge in [0.15, 0.2) is 0 Å². The van der Waals surface area contributed by atoms with E-state index in [9.17, 15) is 0 Å². The lowest BCUT2D eigenvalue weighted by molar-refractivity contribution is 0.638. The Balaban J connectivity index is 1.43. The molecule has 2 aliphatic rings. The van der Waals surface area contributed by atoms with E-state index in [2.05, 4.69) is 105 Å². The van der Waals surface area contributed by atoms with Gasteiger partial charge in [0.05, 0.1) is 5.69 Å². The molecule has 4 aromatic carbocycles. The number of aryl methyl sites for hydroxylation is 1. The van der Waals surface area contributed by atoms with E-state index in [4.69, 9.17) is 0 Å². The summed E-state index contributed by atoms with van der Waals surface area (Å²) in [5.41, 5.74) is 13.7. The topological polar surface area (TPSA) is 12.0 Å². The summed E-state index contributed by atoms with van der Waals surface area (Å²) in [6, 6.07) is 29.3. The Morgan fingerprint density at radius 1 is 0.853 bits per heavy atom. The lowest BCUT2D eigenvalue weighted by atomic mass is 9.58. The van der Waals surface area contributed by atoms with Gasteiger partial charge in [0.2, 0.25) is 7.28 Å². The van der Waals surface area contributed by atoms with Gasteiger partial charge in [0, 0.05) is 21.4 Å². The van der Waals surface area contributed by atoms with Gasteiger partial charge >= 0.3 is 0 Å². The Kier molecular flexibility index (Phi) is 4.20. The van der Waals surface area contributed by atoms with Crippen molar-refractivity contribution in [3.05, 3.63) is 107 Å². The zero-order valence-corrected chi connectivity index (χ0v) is 20.6. The molecule has 1 aromatic heterocycles. The highest BCUT2D eigenvalue weighted by molar-refractivity contribution is 7.28. The minimum absolute atomic E-state index is 0.0459. The molecule has 7 rings (SSSR count). The van der Waals surface area contributed by atoms with Crippen molar-refractivity contribution in [2.75, 3.05) is 5.32 Å². The first-order valence-corrected chi connectivity index (χ1v) is 12.9. The first-order valence-electron chi connectivity index (χ1n) is 12.1. The maximum absolute atomic E-state index is 3.83. The molecule has 34 heavy (non-hydrogen) atoms. The number of nitrogens with one attached hydrogen (secondary N) is 1. The summed E-state index contributed by atoms with van der Waals surface area (Å²) >= 11 is 1.98. The van der Waals surface area contributed by atoms with Crippen LogP contribution in [0.5, 0.6) is 0 Å². The van der Waals surface area contributed by atoms with Gasteiger partial charge in [-0.1, -0.05) is 91.6 Å². The summed E-state index contributed by atoms with van der Waals surface area (Å²) in [7, 11) is 1.02. The number of fused-ring (bicyclic) bond motifs is 6. The minimum atomic E-state index is -0.0459. The van der Waals surface area contributed by atoms with Crippen LogP contribution < -0.4 is 15.6 Å². The van der Waals surface area contributed by atoms with Gasteiger partial charge in [0.25, 0.3) is 0 Å². The number of para-hydroxylation sites is 2. The first kappa shape index (κ1) is 20.1. The van der Waals surface area contributed by atoms with Gasteiger partial charge in [-0.3, -0.25) is 0 Å². The van der Waals surface area contributed by atoms with Gasteiger partial charge in [-0.25, -0.2) is 0 Å². The van der Waals surface area contributed by atoms with Gasteiger partial charge in [0.1, 0.15) is 0 Å². The Labute approximate surface area is 205 Å². The molecular formula is C31H26BNS. The van der Waals surface area contributed by atoms with Crippen LogP contribution in [0.25, 0.3) is 21.2 Å². The second-order valence-electron chi connectivity index (χ2n) is 10.3. The van der Waals surface area contributed by atoms with E-state index in [0.717, 1.165) is 13.7 Å². The fourth-order valence-corrected chi connectivity index (χ4v) is 7.42. The minimum Gasteiger partial charge on any atom is -0.355 e. The van der Waals surface area contributed by atoms with Crippen LogP contribution >= 0.6 is 11.3 Å². The molecule has 2 aliphatic heterocycles. The van der Waals surface area contributed by atoms with Crippen LogP contribution in [0.4, 0.5) is 11.4 Å². The van der Waals surface area contributed by atoms with Crippen LogP contribution in [0.2, 0.25) is 0 Å². The molecule has 1 N–H and O–H groups in total. The number of rotatable bonds is 1. The molecule has 0 spiro atoms. The lowest BCUT2D eigenvalue weighted by Gasteiger charge is -2.37. The Morgan fingerprint density at radius 3 is 2.56 bits per heavy atom. The van der Waals surface area contributed by atoms with Crippen molar-refractivity contribution in [1.29, 1.82) is 0 Å². The number of benzene rings is 4. The number of thiophene rings is 1. The highest BCUT2D eigenvalue weighted by Crippen LogP contribution is 2.48. The zero-order valence-electron chi connectivity index (χ0n) is 19.8. The fraction of sp³-hybridized carbons (Fsp3) is 0.161. The molecule has 0 radical (unpaired) electrons. The van der Waals surface area contributed by atoms with Crippen molar-refractivity contribution in [1.82, 2.24) is 0 Å². The first-order chi connectivity index (χ1) is 16.5. The Hall–Kier alpha value is -3.30. The summed E-state index contributed by atoms with van der Waals surface area (Å²) in [6.45, 7) is 6.95. The predicted molar refractivity (Wildman–Crippen MR) is 150 cm³/mol. The van der Waals surface area contributed by atoms with Crippen LogP contribution in [0, 0.1) is 6.92 Å². The second kappa shape index (κ2) is 7.10. The molecule has 0 bridgehead atoms. The molecule has 5 aromatic rings. The van der Waals surface area contributed by atoms with E-state index >= 15 is 0 Å². The summed E-state index contributed by atoms with van der Waals surface area (Å²) in [5.74, 6) is 0. The summed E-state index contributed by atoms with van der Waals surface area (Å²) in [5, 5.41) is 5.27. The average Bonchev–Trinajstić information content (AvgIpc) is 3.20. The molecule has 0 atom stereocenters. The summed E-state index contributed by atoms with van der Waals surface area (Å²) in [6.07, 6.45) is 1.03. The Morgan fingerprint density at radius 2 is 1.65 bits per heavy atom. The number of hydrogen-bond donors (Lipinski definition) is 1. The molecule has 3 heterocycles. The van der Waals surface area contributed by atoms with Crippen molar-refractivity contribution < 1.29 is 0 Å². The summed E-state index contributed by atoms with van der Waals surface area (Å²) in [4.78, 5) is 0. The van der Waals surface area contributed by atoms with Crippen molar-refractivity contribution in [3.63, 3.8) is 0 Å². The molecule has 164 valence electrons. The van der Waals surface area contributed by atoms with Crippen LogP contribution in [0.3, 0.4) is 0 Å². The van der Waals surface area contributed by atoms with Crippen LogP contribution in [-0.2, 0) is 11.8 Å². The van der Waals surface area contributed by atoms with Gasteiger partial charge in [-0.05, 0) is 63.5 Å². The Bertz CT molecular complexity index is 1620. The standard InChI is InChI=1S/C31H26BNS/c1-18-15-19-17-23-20-9-4-7-14-27(20)34-30(23)32-28(19)22(16-18)21-10-8-12-25-29(21)33-26-13-6-5-11-24(26)31(25,2)3/h4-16,32-33H,17H2,1-3H3. The molecule has 1 nitrogen and oxygen atoms in total. The van der Waals surface area contributed by atoms with Gasteiger partial charge < -0.3 is 5.32 Å². The second-order valence-corrected chi connectivity index (χ2v) is 11.5. The van der Waals surface area contributed by atoms with Gasteiger partial charge in [-0.2, -0.15) is 0 Å². The van der Waals surface area contributed by atoms with Crippen molar-refractivity contribution in [3.8, 4) is 11.1 Å². The third kappa shape index (κ3) is 2.80. The SMILES string of the molecule is Cc1cc2c(c(-c3cccc4c3Nc3ccccc3C4(C)C)c1)Bc1sc3ccccc3c1C2. The normalized spacial score (nSPS) is 14.9. The molecule has 0 saturated heterocycles. The largest absolute Gasteiger partial charge is 0.355 e. The molecule has 0 saturated carbocycles. The highest BCUT2D eigenvalue weighted by Gasteiger charge is 2.34. The van der Waals surface area contributed by atoms with Gasteiger partial charge in [-0.15, -0.1) is 11.3 Å². The highest BCUT2D eigenvalue weighted by atomic mass is 32.1. The quantitative estimate of drug-likeness (QED) is 0.277. The third-order valence-electron chi connectivity index (χ3n) is 7.86. The van der Waals surface area contributed by atoms with Crippen LogP contribution in [0.15, 0.2) is 78.9 Å². The van der Waals surface area contributed by atoms with Crippen molar-refractivity contribution >= 4 is 50.3 Å². The van der Waals surface area contributed by atoms with Crippen LogP contribution in [-0.4, -0.2) is 7.28 Å². The maximum atomic E-state index is 3.83.